The molecule has 1 aromatic heterocycles. The zero-order valence-corrected chi connectivity index (χ0v) is 12.4. The monoisotopic (exact) mass is 307 g/mol. The molecule has 1 amide bonds. The number of hydrogen-bond donors (Lipinski definition) is 2. The Kier molecular flexibility index (Phi) is 4.75. The lowest BCUT2D eigenvalue weighted by Gasteiger charge is -2.15. The van der Waals surface area contributed by atoms with Crippen LogP contribution in [0.15, 0.2) is 36.4 Å². The Balaban J connectivity index is 2.18. The van der Waals surface area contributed by atoms with Crippen molar-refractivity contribution >= 4 is 23.3 Å². The van der Waals surface area contributed by atoms with E-state index < -0.39 is 6.04 Å². The number of carbonyl (C=O) groups is 1. The quantitative estimate of drug-likeness (QED) is 0.851. The van der Waals surface area contributed by atoms with Crippen molar-refractivity contribution in [3.8, 4) is 0 Å². The van der Waals surface area contributed by atoms with Gasteiger partial charge < -0.3 is 10.6 Å². The summed E-state index contributed by atoms with van der Waals surface area (Å²) in [6, 6.07) is 8.92. The number of anilines is 1. The van der Waals surface area contributed by atoms with Crippen LogP contribution < -0.4 is 10.6 Å². The first-order chi connectivity index (χ1) is 10.0. The van der Waals surface area contributed by atoms with Crippen LogP contribution in [0.25, 0.3) is 0 Å². The molecule has 0 fully saturated rings. The number of aromatic nitrogens is 1. The molecule has 21 heavy (non-hydrogen) atoms. The first kappa shape index (κ1) is 15.3. The summed E-state index contributed by atoms with van der Waals surface area (Å²) in [6.07, 6.45) is 0. The number of hydrogen-bond acceptors (Lipinski definition) is 3. The van der Waals surface area contributed by atoms with E-state index in [9.17, 15) is 9.18 Å². The van der Waals surface area contributed by atoms with E-state index in [0.717, 1.165) is 0 Å². The predicted molar refractivity (Wildman–Crippen MR) is 81.1 cm³/mol. The lowest BCUT2D eigenvalue weighted by atomic mass is 10.1. The lowest BCUT2D eigenvalue weighted by Crippen LogP contribution is -2.27. The highest BCUT2D eigenvalue weighted by Gasteiger charge is 2.15. The number of pyridine rings is 1. The Hall–Kier alpha value is -2.14. The Morgan fingerprint density at radius 2 is 2.05 bits per heavy atom. The van der Waals surface area contributed by atoms with Crippen molar-refractivity contribution in [3.63, 3.8) is 0 Å². The van der Waals surface area contributed by atoms with Crippen LogP contribution in [0.2, 0.25) is 5.15 Å². The molecule has 0 aliphatic heterocycles. The third kappa shape index (κ3) is 3.70. The third-order valence-corrected chi connectivity index (χ3v) is 3.23. The zero-order chi connectivity index (χ0) is 15.4. The summed E-state index contributed by atoms with van der Waals surface area (Å²) < 4.78 is 13.7. The average molecular weight is 308 g/mol. The first-order valence-corrected chi connectivity index (χ1v) is 6.79. The number of halogens is 2. The third-order valence-electron chi connectivity index (χ3n) is 3.03. The van der Waals surface area contributed by atoms with Gasteiger partial charge in [-0.1, -0.05) is 29.8 Å². The number of rotatable bonds is 4. The van der Waals surface area contributed by atoms with Crippen LogP contribution in [-0.2, 0) is 0 Å². The summed E-state index contributed by atoms with van der Waals surface area (Å²) in [5, 5.41) is 5.77. The Bertz CT molecular complexity index is 663. The fourth-order valence-electron chi connectivity index (χ4n) is 1.94. The molecule has 0 spiro atoms. The van der Waals surface area contributed by atoms with Gasteiger partial charge in [0.25, 0.3) is 5.91 Å². The van der Waals surface area contributed by atoms with Crippen molar-refractivity contribution in [1.82, 2.24) is 10.3 Å². The summed E-state index contributed by atoms with van der Waals surface area (Å²) in [5.41, 5.74) is 0.794. The fourth-order valence-corrected chi connectivity index (χ4v) is 2.15. The van der Waals surface area contributed by atoms with Crippen molar-refractivity contribution in [2.75, 3.05) is 12.4 Å². The van der Waals surface area contributed by atoms with Crippen molar-refractivity contribution in [2.45, 2.75) is 13.0 Å². The van der Waals surface area contributed by atoms with Crippen LogP contribution >= 0.6 is 11.6 Å². The molecule has 1 heterocycles. The number of carbonyl (C=O) groups excluding carboxylic acids is 1. The highest BCUT2D eigenvalue weighted by Crippen LogP contribution is 2.18. The Labute approximate surface area is 127 Å². The van der Waals surface area contributed by atoms with Gasteiger partial charge in [0.15, 0.2) is 0 Å². The van der Waals surface area contributed by atoms with Gasteiger partial charge in [0, 0.05) is 18.2 Å². The molecular formula is C15H15ClFN3O. The van der Waals surface area contributed by atoms with Crippen LogP contribution in [0.3, 0.4) is 0 Å². The molecule has 0 bridgehead atoms. The number of nitrogens with zero attached hydrogens (tertiary/aromatic N) is 1. The minimum atomic E-state index is -0.455. The molecule has 2 aromatic rings. The smallest absolute Gasteiger partial charge is 0.251 e. The molecule has 1 atom stereocenters. The normalized spacial score (nSPS) is 11.8. The highest BCUT2D eigenvalue weighted by molar-refractivity contribution is 6.29. The van der Waals surface area contributed by atoms with Gasteiger partial charge in [-0.15, -0.1) is 0 Å². The summed E-state index contributed by atoms with van der Waals surface area (Å²) >= 11 is 5.86. The molecule has 6 heteroatoms. The van der Waals surface area contributed by atoms with Crippen LogP contribution in [-0.4, -0.2) is 17.9 Å². The largest absolute Gasteiger partial charge is 0.373 e. The van der Waals surface area contributed by atoms with Gasteiger partial charge in [-0.25, -0.2) is 9.37 Å². The molecule has 0 saturated carbocycles. The van der Waals surface area contributed by atoms with Crippen LogP contribution in [0.1, 0.15) is 28.9 Å². The standard InChI is InChI=1S/C15H15ClFN3O/c1-9(11-5-3-4-6-12(11)17)19-15(21)10-7-13(16)20-14(8-10)18-2/h3-9H,1-2H3,(H,18,20)(H,19,21). The molecule has 2 rings (SSSR count). The molecule has 110 valence electrons. The second-order valence-electron chi connectivity index (χ2n) is 4.53. The zero-order valence-electron chi connectivity index (χ0n) is 11.7. The Morgan fingerprint density at radius 3 is 2.71 bits per heavy atom. The molecule has 0 saturated heterocycles. The van der Waals surface area contributed by atoms with Gasteiger partial charge in [-0.3, -0.25) is 4.79 Å². The van der Waals surface area contributed by atoms with Crippen molar-refractivity contribution in [3.05, 3.63) is 58.5 Å². The van der Waals surface area contributed by atoms with E-state index in [1.165, 1.54) is 12.1 Å². The topological polar surface area (TPSA) is 54.0 Å². The maximum Gasteiger partial charge on any atom is 0.251 e. The van der Waals surface area contributed by atoms with Crippen LogP contribution in [0.5, 0.6) is 0 Å². The molecule has 0 aliphatic carbocycles. The Morgan fingerprint density at radius 1 is 1.33 bits per heavy atom. The molecule has 1 aromatic carbocycles. The lowest BCUT2D eigenvalue weighted by molar-refractivity contribution is 0.0939. The maximum atomic E-state index is 13.7. The van der Waals surface area contributed by atoms with E-state index in [0.29, 0.717) is 16.9 Å². The molecule has 0 radical (unpaired) electrons. The van der Waals surface area contributed by atoms with Gasteiger partial charge in [-0.05, 0) is 25.1 Å². The van der Waals surface area contributed by atoms with E-state index in [-0.39, 0.29) is 16.9 Å². The van der Waals surface area contributed by atoms with E-state index in [1.54, 1.807) is 38.2 Å². The van der Waals surface area contributed by atoms with Gasteiger partial charge in [0.05, 0.1) is 6.04 Å². The van der Waals surface area contributed by atoms with Gasteiger partial charge >= 0.3 is 0 Å². The molecule has 2 N–H and O–H groups in total. The van der Waals surface area contributed by atoms with Crippen molar-refractivity contribution < 1.29 is 9.18 Å². The average Bonchev–Trinajstić information content (AvgIpc) is 2.46. The summed E-state index contributed by atoms with van der Waals surface area (Å²) in [4.78, 5) is 16.2. The van der Waals surface area contributed by atoms with E-state index in [2.05, 4.69) is 15.6 Å². The second-order valence-corrected chi connectivity index (χ2v) is 4.92. The highest BCUT2D eigenvalue weighted by atomic mass is 35.5. The van der Waals surface area contributed by atoms with E-state index in [1.807, 2.05) is 0 Å². The minimum absolute atomic E-state index is 0.213. The van der Waals surface area contributed by atoms with Crippen molar-refractivity contribution in [2.24, 2.45) is 0 Å². The molecular weight excluding hydrogens is 293 g/mol. The maximum absolute atomic E-state index is 13.7. The second kappa shape index (κ2) is 6.54. The number of benzene rings is 1. The number of amides is 1. The summed E-state index contributed by atoms with van der Waals surface area (Å²) in [5.74, 6) is -0.202. The molecule has 1 unspecified atom stereocenters. The van der Waals surface area contributed by atoms with Gasteiger partial charge in [0.1, 0.15) is 16.8 Å². The van der Waals surface area contributed by atoms with E-state index >= 15 is 0 Å². The van der Waals surface area contributed by atoms with E-state index in [4.69, 9.17) is 11.6 Å². The molecule has 4 nitrogen and oxygen atoms in total. The SMILES string of the molecule is CNc1cc(C(=O)NC(C)c2ccccc2F)cc(Cl)n1. The van der Waals surface area contributed by atoms with Crippen LogP contribution in [0, 0.1) is 5.82 Å². The summed E-state index contributed by atoms with van der Waals surface area (Å²) in [6.45, 7) is 1.72. The van der Waals surface area contributed by atoms with Crippen molar-refractivity contribution in [1.29, 1.82) is 0 Å². The minimum Gasteiger partial charge on any atom is -0.373 e. The van der Waals surface area contributed by atoms with Crippen LogP contribution in [0.4, 0.5) is 10.2 Å². The predicted octanol–water partition coefficient (Wildman–Crippen LogP) is 3.41. The first-order valence-electron chi connectivity index (χ1n) is 6.42. The van der Waals surface area contributed by atoms with Gasteiger partial charge in [0.2, 0.25) is 0 Å². The molecule has 0 aliphatic rings. The van der Waals surface area contributed by atoms with Gasteiger partial charge in [-0.2, -0.15) is 0 Å². The fraction of sp³-hybridized carbons (Fsp3) is 0.200. The summed E-state index contributed by atoms with van der Waals surface area (Å²) in [7, 11) is 1.68. The number of nitrogens with one attached hydrogen (secondary N) is 2.